The van der Waals surface area contributed by atoms with Crippen molar-refractivity contribution in [2.45, 2.75) is 25.2 Å². The van der Waals surface area contributed by atoms with E-state index in [0.717, 1.165) is 5.56 Å². The molecule has 0 spiro atoms. The zero-order chi connectivity index (χ0) is 11.5. The highest BCUT2D eigenvalue weighted by Crippen LogP contribution is 2.40. The van der Waals surface area contributed by atoms with Gasteiger partial charge in [-0.05, 0) is 42.4 Å². The molecule has 1 fully saturated rings. The van der Waals surface area contributed by atoms with Crippen LogP contribution in [-0.4, -0.2) is 12.5 Å². The second kappa shape index (κ2) is 5.87. The Balaban J connectivity index is 0.00000144. The summed E-state index contributed by atoms with van der Waals surface area (Å²) in [6, 6.07) is 5.49. The normalized spacial score (nSPS) is 13.9. The van der Waals surface area contributed by atoms with Crippen LogP contribution in [0.3, 0.4) is 0 Å². The Kier molecular flexibility index (Phi) is 4.75. The van der Waals surface area contributed by atoms with Gasteiger partial charge in [0.1, 0.15) is 5.82 Å². The number of guanidine groups is 1. The second-order valence-electron chi connectivity index (χ2n) is 4.18. The molecule has 1 saturated carbocycles. The van der Waals surface area contributed by atoms with Crippen molar-refractivity contribution < 1.29 is 4.39 Å². The molecule has 0 unspecified atom stereocenters. The SMILES string of the molecule is Cl.NC(N)=NCCc1ccc(C2CC2)cc1F. The van der Waals surface area contributed by atoms with E-state index in [2.05, 4.69) is 4.99 Å². The number of aliphatic imine (C=N–C) groups is 1. The molecule has 5 heteroatoms. The molecule has 0 aliphatic heterocycles. The maximum absolute atomic E-state index is 13.7. The first-order chi connectivity index (χ1) is 7.66. The van der Waals surface area contributed by atoms with Gasteiger partial charge in [-0.15, -0.1) is 12.4 Å². The molecule has 0 bridgehead atoms. The lowest BCUT2D eigenvalue weighted by Crippen LogP contribution is -2.23. The third-order valence-corrected chi connectivity index (χ3v) is 2.80. The van der Waals surface area contributed by atoms with Crippen LogP contribution in [0.1, 0.15) is 29.9 Å². The van der Waals surface area contributed by atoms with Gasteiger partial charge in [0.2, 0.25) is 0 Å². The van der Waals surface area contributed by atoms with Crippen LogP contribution in [0.5, 0.6) is 0 Å². The molecule has 0 amide bonds. The van der Waals surface area contributed by atoms with E-state index in [1.54, 1.807) is 6.07 Å². The Morgan fingerprint density at radius 3 is 2.59 bits per heavy atom. The monoisotopic (exact) mass is 257 g/mol. The van der Waals surface area contributed by atoms with Crippen molar-refractivity contribution in [2.75, 3.05) is 6.54 Å². The van der Waals surface area contributed by atoms with E-state index in [1.807, 2.05) is 12.1 Å². The van der Waals surface area contributed by atoms with Gasteiger partial charge in [-0.2, -0.15) is 0 Å². The van der Waals surface area contributed by atoms with E-state index in [9.17, 15) is 4.39 Å². The highest BCUT2D eigenvalue weighted by Gasteiger charge is 2.23. The predicted molar refractivity (Wildman–Crippen MR) is 70.0 cm³/mol. The Hall–Kier alpha value is -1.29. The minimum Gasteiger partial charge on any atom is -0.370 e. The minimum atomic E-state index is -0.143. The van der Waals surface area contributed by atoms with Gasteiger partial charge < -0.3 is 11.5 Å². The Bertz CT molecular complexity index is 412. The summed E-state index contributed by atoms with van der Waals surface area (Å²) in [6.07, 6.45) is 2.91. The third kappa shape index (κ3) is 3.89. The van der Waals surface area contributed by atoms with Crippen molar-refractivity contribution in [3.05, 3.63) is 35.1 Å². The van der Waals surface area contributed by atoms with Gasteiger partial charge in [-0.1, -0.05) is 12.1 Å². The molecule has 1 aliphatic rings. The van der Waals surface area contributed by atoms with Crippen LogP contribution in [0.4, 0.5) is 4.39 Å². The fourth-order valence-electron chi connectivity index (χ4n) is 1.74. The van der Waals surface area contributed by atoms with Crippen LogP contribution in [0.15, 0.2) is 23.2 Å². The lowest BCUT2D eigenvalue weighted by Gasteiger charge is -2.04. The second-order valence-corrected chi connectivity index (χ2v) is 4.18. The summed E-state index contributed by atoms with van der Waals surface area (Å²) in [4.78, 5) is 3.84. The van der Waals surface area contributed by atoms with Gasteiger partial charge in [-0.3, -0.25) is 4.99 Å². The Morgan fingerprint density at radius 2 is 2.06 bits per heavy atom. The van der Waals surface area contributed by atoms with Gasteiger partial charge in [0, 0.05) is 6.54 Å². The van der Waals surface area contributed by atoms with Gasteiger partial charge in [0.25, 0.3) is 0 Å². The van der Waals surface area contributed by atoms with Crippen molar-refractivity contribution >= 4 is 18.4 Å². The Labute approximate surface area is 107 Å². The number of benzene rings is 1. The number of nitrogens with zero attached hydrogens (tertiary/aromatic N) is 1. The van der Waals surface area contributed by atoms with E-state index in [0.29, 0.717) is 24.4 Å². The third-order valence-electron chi connectivity index (χ3n) is 2.80. The van der Waals surface area contributed by atoms with Crippen molar-refractivity contribution in [1.82, 2.24) is 0 Å². The summed E-state index contributed by atoms with van der Waals surface area (Å²) in [5, 5.41) is 0. The molecule has 17 heavy (non-hydrogen) atoms. The largest absolute Gasteiger partial charge is 0.370 e. The number of hydrogen-bond donors (Lipinski definition) is 2. The van der Waals surface area contributed by atoms with Gasteiger partial charge in [-0.25, -0.2) is 4.39 Å². The first-order valence-electron chi connectivity index (χ1n) is 5.50. The van der Waals surface area contributed by atoms with Crippen molar-refractivity contribution in [1.29, 1.82) is 0 Å². The molecule has 0 atom stereocenters. The van der Waals surface area contributed by atoms with Crippen molar-refractivity contribution in [3.63, 3.8) is 0 Å². The molecular weight excluding hydrogens is 241 g/mol. The summed E-state index contributed by atoms with van der Waals surface area (Å²) >= 11 is 0. The summed E-state index contributed by atoms with van der Waals surface area (Å²) < 4.78 is 13.7. The summed E-state index contributed by atoms with van der Waals surface area (Å²) in [6.45, 7) is 0.433. The van der Waals surface area contributed by atoms with Gasteiger partial charge in [0.15, 0.2) is 5.96 Å². The maximum atomic E-state index is 13.7. The number of nitrogens with two attached hydrogens (primary N) is 2. The number of halogens is 2. The quantitative estimate of drug-likeness (QED) is 0.640. The molecule has 4 N–H and O–H groups in total. The average molecular weight is 258 g/mol. The number of rotatable bonds is 4. The van der Waals surface area contributed by atoms with Crippen LogP contribution in [0, 0.1) is 5.82 Å². The molecule has 1 aromatic carbocycles. The van der Waals surface area contributed by atoms with E-state index in [1.165, 1.54) is 12.8 Å². The molecule has 0 saturated heterocycles. The number of hydrogen-bond acceptors (Lipinski definition) is 1. The van der Waals surface area contributed by atoms with Crippen LogP contribution in [0.2, 0.25) is 0 Å². The van der Waals surface area contributed by atoms with Crippen molar-refractivity contribution in [3.8, 4) is 0 Å². The van der Waals surface area contributed by atoms with Crippen LogP contribution in [0.25, 0.3) is 0 Å². The van der Waals surface area contributed by atoms with E-state index in [-0.39, 0.29) is 24.2 Å². The smallest absolute Gasteiger partial charge is 0.185 e. The molecular formula is C12H17ClFN3. The first kappa shape index (κ1) is 13.8. The zero-order valence-electron chi connectivity index (χ0n) is 9.53. The molecule has 0 heterocycles. The molecule has 94 valence electrons. The molecule has 1 aromatic rings. The summed E-state index contributed by atoms with van der Waals surface area (Å²) in [5.74, 6) is 0.492. The lowest BCUT2D eigenvalue weighted by molar-refractivity contribution is 0.607. The topological polar surface area (TPSA) is 64.4 Å². The van der Waals surface area contributed by atoms with E-state index < -0.39 is 0 Å². The highest BCUT2D eigenvalue weighted by molar-refractivity contribution is 5.85. The zero-order valence-corrected chi connectivity index (χ0v) is 10.3. The molecule has 2 rings (SSSR count). The molecule has 0 radical (unpaired) electrons. The fourth-order valence-corrected chi connectivity index (χ4v) is 1.74. The van der Waals surface area contributed by atoms with Crippen molar-refractivity contribution in [2.24, 2.45) is 16.5 Å². The van der Waals surface area contributed by atoms with Crippen LogP contribution in [-0.2, 0) is 6.42 Å². The van der Waals surface area contributed by atoms with Gasteiger partial charge in [0.05, 0.1) is 0 Å². The lowest BCUT2D eigenvalue weighted by atomic mass is 10.1. The maximum Gasteiger partial charge on any atom is 0.185 e. The Morgan fingerprint density at radius 1 is 1.35 bits per heavy atom. The highest BCUT2D eigenvalue weighted by atomic mass is 35.5. The molecule has 0 aromatic heterocycles. The van der Waals surface area contributed by atoms with Gasteiger partial charge >= 0.3 is 0 Å². The predicted octanol–water partition coefficient (Wildman–Crippen LogP) is 1.94. The van der Waals surface area contributed by atoms with Crippen LogP contribution < -0.4 is 11.5 Å². The van der Waals surface area contributed by atoms with Crippen LogP contribution >= 0.6 is 12.4 Å². The van der Waals surface area contributed by atoms with E-state index >= 15 is 0 Å². The molecule has 1 aliphatic carbocycles. The molecule has 3 nitrogen and oxygen atoms in total. The summed E-state index contributed by atoms with van der Waals surface area (Å²) in [7, 11) is 0. The standard InChI is InChI=1S/C12H16FN3.ClH/c13-11-7-10(8-1-2-8)4-3-9(11)5-6-16-12(14)15;/h3-4,7-8H,1-2,5-6H2,(H4,14,15,16);1H. The summed E-state index contributed by atoms with van der Waals surface area (Å²) in [5.41, 5.74) is 12.2. The first-order valence-corrected chi connectivity index (χ1v) is 5.50. The van der Waals surface area contributed by atoms with E-state index in [4.69, 9.17) is 11.5 Å². The average Bonchev–Trinajstić information content (AvgIpc) is 3.03. The fraction of sp³-hybridized carbons (Fsp3) is 0.417. The minimum absolute atomic E-state index is 0.